The van der Waals surface area contributed by atoms with Crippen LogP contribution in [0, 0.1) is 6.92 Å². The van der Waals surface area contributed by atoms with E-state index in [1.54, 1.807) is 11.3 Å². The number of piperidine rings is 1. The van der Waals surface area contributed by atoms with E-state index in [4.69, 9.17) is 4.42 Å². The van der Waals surface area contributed by atoms with Crippen LogP contribution in [-0.4, -0.2) is 28.2 Å². The van der Waals surface area contributed by atoms with Crippen LogP contribution in [0.15, 0.2) is 45.5 Å². The van der Waals surface area contributed by atoms with Crippen molar-refractivity contribution in [1.29, 1.82) is 0 Å². The van der Waals surface area contributed by atoms with Crippen molar-refractivity contribution < 1.29 is 4.42 Å². The normalized spacial score (nSPS) is 16.5. The first kappa shape index (κ1) is 15.5. The average molecular weight is 339 g/mol. The van der Waals surface area contributed by atoms with Gasteiger partial charge in [0.2, 0.25) is 11.8 Å². The van der Waals surface area contributed by atoms with E-state index in [0.717, 1.165) is 43.9 Å². The molecule has 0 aliphatic carbocycles. The molecular weight excluding hydrogens is 318 g/mol. The fourth-order valence-electron chi connectivity index (χ4n) is 3.19. The smallest absolute Gasteiger partial charge is 0.248 e. The SMILES string of the molecule is Cc1ccc(CN2CCC(c3nnc(-c4ccsc4)o3)CC2)cc1. The van der Waals surface area contributed by atoms with Gasteiger partial charge in [-0.1, -0.05) is 29.8 Å². The highest BCUT2D eigenvalue weighted by atomic mass is 32.1. The van der Waals surface area contributed by atoms with Gasteiger partial charge >= 0.3 is 0 Å². The van der Waals surface area contributed by atoms with Crippen LogP contribution in [0.4, 0.5) is 0 Å². The lowest BCUT2D eigenvalue weighted by molar-refractivity contribution is 0.193. The van der Waals surface area contributed by atoms with Crippen molar-refractivity contribution in [3.05, 3.63) is 58.1 Å². The summed E-state index contributed by atoms with van der Waals surface area (Å²) in [6.45, 7) is 5.31. The van der Waals surface area contributed by atoms with Crippen LogP contribution in [0.2, 0.25) is 0 Å². The Morgan fingerprint density at radius 3 is 2.62 bits per heavy atom. The van der Waals surface area contributed by atoms with Gasteiger partial charge in [0.05, 0.1) is 0 Å². The fourth-order valence-corrected chi connectivity index (χ4v) is 3.82. The Hall–Kier alpha value is -1.98. The molecule has 0 radical (unpaired) electrons. The highest BCUT2D eigenvalue weighted by molar-refractivity contribution is 7.08. The average Bonchev–Trinajstić information content (AvgIpc) is 3.29. The van der Waals surface area contributed by atoms with Gasteiger partial charge in [0.25, 0.3) is 0 Å². The first-order valence-corrected chi connectivity index (χ1v) is 9.36. The summed E-state index contributed by atoms with van der Waals surface area (Å²) in [6.07, 6.45) is 2.16. The van der Waals surface area contributed by atoms with Gasteiger partial charge in [-0.15, -0.1) is 10.2 Å². The standard InChI is InChI=1S/C19H21N3OS/c1-14-2-4-15(5-3-14)12-22-9-6-16(7-10-22)18-20-21-19(23-18)17-8-11-24-13-17/h2-5,8,11,13,16H,6-7,9-10,12H2,1H3. The number of aryl methyl sites for hydroxylation is 1. The van der Waals surface area contributed by atoms with Crippen LogP contribution in [0.5, 0.6) is 0 Å². The summed E-state index contributed by atoms with van der Waals surface area (Å²) >= 11 is 1.65. The molecule has 1 fully saturated rings. The molecule has 0 N–H and O–H groups in total. The molecule has 0 amide bonds. The molecule has 1 aromatic carbocycles. The Morgan fingerprint density at radius 2 is 1.92 bits per heavy atom. The lowest BCUT2D eigenvalue weighted by Crippen LogP contribution is -2.32. The molecule has 0 saturated carbocycles. The Kier molecular flexibility index (Phi) is 4.45. The van der Waals surface area contributed by atoms with Gasteiger partial charge in [-0.25, -0.2) is 0 Å². The van der Waals surface area contributed by atoms with Gasteiger partial charge in [-0.05, 0) is 49.9 Å². The minimum atomic E-state index is 0.388. The highest BCUT2D eigenvalue weighted by Gasteiger charge is 2.25. The lowest BCUT2D eigenvalue weighted by Gasteiger charge is -2.30. The van der Waals surface area contributed by atoms with Crippen molar-refractivity contribution in [2.45, 2.75) is 32.2 Å². The van der Waals surface area contributed by atoms with Crippen molar-refractivity contribution in [2.24, 2.45) is 0 Å². The Balaban J connectivity index is 1.35. The van der Waals surface area contributed by atoms with Crippen LogP contribution >= 0.6 is 11.3 Å². The molecule has 2 aromatic heterocycles. The summed E-state index contributed by atoms with van der Waals surface area (Å²) in [6, 6.07) is 10.9. The van der Waals surface area contributed by atoms with Crippen molar-refractivity contribution >= 4 is 11.3 Å². The minimum Gasteiger partial charge on any atom is -0.420 e. The summed E-state index contributed by atoms with van der Waals surface area (Å²) < 4.78 is 5.90. The Labute approximate surface area is 146 Å². The van der Waals surface area contributed by atoms with Crippen LogP contribution in [0.25, 0.3) is 11.5 Å². The van der Waals surface area contributed by atoms with Gasteiger partial charge in [0.1, 0.15) is 0 Å². The topological polar surface area (TPSA) is 42.2 Å². The van der Waals surface area contributed by atoms with E-state index in [1.165, 1.54) is 11.1 Å². The monoisotopic (exact) mass is 339 g/mol. The van der Waals surface area contributed by atoms with Crippen LogP contribution in [0.1, 0.15) is 35.8 Å². The number of aromatic nitrogens is 2. The van der Waals surface area contributed by atoms with Crippen LogP contribution in [0.3, 0.4) is 0 Å². The minimum absolute atomic E-state index is 0.388. The number of rotatable bonds is 4. The third-order valence-electron chi connectivity index (χ3n) is 4.67. The second-order valence-corrected chi connectivity index (χ2v) is 7.27. The molecular formula is C19H21N3OS. The van der Waals surface area contributed by atoms with E-state index >= 15 is 0 Å². The molecule has 3 aromatic rings. The molecule has 4 rings (SSSR count). The Morgan fingerprint density at radius 1 is 1.12 bits per heavy atom. The summed E-state index contributed by atoms with van der Waals surface area (Å²) in [7, 11) is 0. The maximum Gasteiger partial charge on any atom is 0.248 e. The molecule has 24 heavy (non-hydrogen) atoms. The van der Waals surface area contributed by atoms with Gasteiger partial charge in [-0.3, -0.25) is 4.90 Å². The first-order valence-electron chi connectivity index (χ1n) is 8.42. The quantitative estimate of drug-likeness (QED) is 0.702. The maximum atomic E-state index is 5.90. The zero-order valence-corrected chi connectivity index (χ0v) is 14.6. The summed E-state index contributed by atoms with van der Waals surface area (Å²) in [5.41, 5.74) is 3.72. The number of likely N-dealkylation sites (tertiary alicyclic amines) is 1. The van der Waals surface area contributed by atoms with Gasteiger partial charge < -0.3 is 4.42 Å². The molecule has 1 aliphatic heterocycles. The third kappa shape index (κ3) is 3.42. The van der Waals surface area contributed by atoms with E-state index in [1.807, 2.05) is 16.8 Å². The van der Waals surface area contributed by atoms with E-state index in [9.17, 15) is 0 Å². The second-order valence-electron chi connectivity index (χ2n) is 6.49. The van der Waals surface area contributed by atoms with Crippen molar-refractivity contribution in [1.82, 2.24) is 15.1 Å². The summed E-state index contributed by atoms with van der Waals surface area (Å²) in [5.74, 6) is 1.83. The van der Waals surface area contributed by atoms with Gasteiger partial charge in [-0.2, -0.15) is 11.3 Å². The Bertz CT molecular complexity index is 771. The number of nitrogens with zero attached hydrogens (tertiary/aromatic N) is 3. The molecule has 0 atom stereocenters. The maximum absolute atomic E-state index is 5.90. The van der Waals surface area contributed by atoms with Crippen LogP contribution in [-0.2, 0) is 6.54 Å². The van der Waals surface area contributed by atoms with Crippen molar-refractivity contribution in [2.75, 3.05) is 13.1 Å². The summed E-state index contributed by atoms with van der Waals surface area (Å²) in [4.78, 5) is 2.51. The molecule has 0 unspecified atom stereocenters. The molecule has 4 nitrogen and oxygen atoms in total. The molecule has 1 aliphatic rings. The molecule has 5 heteroatoms. The number of hydrogen-bond donors (Lipinski definition) is 0. The predicted octanol–water partition coefficient (Wildman–Crippen LogP) is 4.49. The van der Waals surface area contributed by atoms with Crippen molar-refractivity contribution in [3.8, 4) is 11.5 Å². The second kappa shape index (κ2) is 6.87. The third-order valence-corrected chi connectivity index (χ3v) is 5.36. The zero-order chi connectivity index (χ0) is 16.4. The molecule has 0 spiro atoms. The molecule has 3 heterocycles. The number of hydrogen-bond acceptors (Lipinski definition) is 5. The zero-order valence-electron chi connectivity index (χ0n) is 13.8. The largest absolute Gasteiger partial charge is 0.420 e. The first-order chi connectivity index (χ1) is 11.8. The van der Waals surface area contributed by atoms with Gasteiger partial charge in [0, 0.05) is 23.4 Å². The van der Waals surface area contributed by atoms with E-state index in [0.29, 0.717) is 11.8 Å². The van der Waals surface area contributed by atoms with Crippen molar-refractivity contribution in [3.63, 3.8) is 0 Å². The lowest BCUT2D eigenvalue weighted by atomic mass is 9.96. The highest BCUT2D eigenvalue weighted by Crippen LogP contribution is 2.30. The van der Waals surface area contributed by atoms with E-state index in [-0.39, 0.29) is 0 Å². The van der Waals surface area contributed by atoms with Crippen LogP contribution < -0.4 is 0 Å². The fraction of sp³-hybridized carbons (Fsp3) is 0.368. The summed E-state index contributed by atoms with van der Waals surface area (Å²) in [5, 5.41) is 12.6. The number of thiophene rings is 1. The predicted molar refractivity (Wildman–Crippen MR) is 96.0 cm³/mol. The number of benzene rings is 1. The molecule has 1 saturated heterocycles. The molecule has 124 valence electrons. The van der Waals surface area contributed by atoms with Gasteiger partial charge in [0.15, 0.2) is 0 Å². The molecule has 0 bridgehead atoms. The van der Waals surface area contributed by atoms with E-state index in [2.05, 4.69) is 46.3 Å². The van der Waals surface area contributed by atoms with E-state index < -0.39 is 0 Å².